The van der Waals surface area contributed by atoms with Gasteiger partial charge in [0.25, 0.3) is 0 Å². The van der Waals surface area contributed by atoms with E-state index in [0.29, 0.717) is 12.3 Å². The van der Waals surface area contributed by atoms with Crippen molar-refractivity contribution in [3.63, 3.8) is 0 Å². The predicted octanol–water partition coefficient (Wildman–Crippen LogP) is 1.21. The Labute approximate surface area is 133 Å². The average molecular weight is 390 g/mol. The van der Waals surface area contributed by atoms with E-state index in [-0.39, 0.29) is 5.97 Å². The molecule has 0 aliphatic rings. The van der Waals surface area contributed by atoms with E-state index in [1.807, 2.05) is 6.07 Å². The Morgan fingerprint density at radius 3 is 2.60 bits per heavy atom. The summed E-state index contributed by atoms with van der Waals surface area (Å²) in [6.45, 7) is 2.17. The maximum absolute atomic E-state index is 11.7. The third-order valence-electron chi connectivity index (χ3n) is 2.26. The summed E-state index contributed by atoms with van der Waals surface area (Å²) < 4.78 is 7.62. The number of halogens is 1. The predicted molar refractivity (Wildman–Crippen MR) is 87.6 cm³/mol. The van der Waals surface area contributed by atoms with E-state index >= 15 is 0 Å². The van der Waals surface area contributed by atoms with E-state index in [0.717, 1.165) is 15.6 Å². The van der Waals surface area contributed by atoms with Crippen molar-refractivity contribution in [3.05, 3.63) is 35.8 Å². The molecule has 2 aromatic heterocycles. The van der Waals surface area contributed by atoms with E-state index < -0.39 is 0 Å². The normalized spacial score (nSPS) is 10.3. The van der Waals surface area contributed by atoms with Gasteiger partial charge in [0, 0.05) is 22.4 Å². The van der Waals surface area contributed by atoms with Crippen molar-refractivity contribution in [1.29, 1.82) is 0 Å². The molecule has 0 fully saturated rings. The van der Waals surface area contributed by atoms with Crippen LogP contribution in [-0.2, 0) is 9.16 Å². The first-order valence-corrected chi connectivity index (χ1v) is 7.98. The number of nitrogens with zero attached hydrogens (tertiary/aromatic N) is 2. The summed E-state index contributed by atoms with van der Waals surface area (Å²) in [6.07, 6.45) is 3.46. The topological polar surface area (TPSA) is 48.0 Å². The van der Waals surface area contributed by atoms with E-state index in [9.17, 15) is 4.79 Å². The summed E-state index contributed by atoms with van der Waals surface area (Å²) >= 11 is 2.28. The van der Waals surface area contributed by atoms with Crippen LogP contribution in [0.2, 0.25) is 0 Å². The molecule has 0 saturated heterocycles. The summed E-state index contributed by atoms with van der Waals surface area (Å²) in [6, 6.07) is 3.70. The van der Waals surface area contributed by atoms with Crippen LogP contribution in [0.3, 0.4) is 0 Å². The van der Waals surface area contributed by atoms with Crippen molar-refractivity contribution >= 4 is 34.2 Å². The van der Waals surface area contributed by atoms with Gasteiger partial charge in [-0.1, -0.05) is 28.7 Å². The summed E-state index contributed by atoms with van der Waals surface area (Å²) in [5, 5.41) is 0. The van der Waals surface area contributed by atoms with Gasteiger partial charge in [-0.3, -0.25) is 4.40 Å². The largest absolute Gasteiger partial charge is 0.461 e. The molecule has 0 radical (unpaired) electrons. The number of imidazole rings is 1. The van der Waals surface area contributed by atoms with E-state index in [2.05, 4.69) is 48.7 Å². The first kappa shape index (κ1) is 16.9. The molecule has 5 nitrogen and oxygen atoms in total. The van der Waals surface area contributed by atoms with Crippen molar-refractivity contribution in [1.82, 2.24) is 9.38 Å². The van der Waals surface area contributed by atoms with Crippen LogP contribution in [0, 0.1) is 0 Å². The molecule has 1 N–H and O–H groups in total. The molecule has 0 aliphatic heterocycles. The Morgan fingerprint density at radius 1 is 1.40 bits per heavy atom. The summed E-state index contributed by atoms with van der Waals surface area (Å²) in [7, 11) is 6.25. The van der Waals surface area contributed by atoms with Gasteiger partial charge in [-0.15, -0.1) is 0 Å². The number of alkyl halides is 1. The highest BCUT2D eigenvalue weighted by Crippen LogP contribution is 2.16. The second-order valence-corrected chi connectivity index (χ2v) is 5.48. The minimum absolute atomic E-state index is 0.314. The standard InChI is InChI=1S/C11H11IN2O2.C3H9N/c1-2-16-11(15)9-4-3-8(7-12)10-13-5-6-14(9)10;1-4(2)3/h3-6H,2,7H2,1H3;1-3H3/p+1. The van der Waals surface area contributed by atoms with Gasteiger partial charge < -0.3 is 9.64 Å². The van der Waals surface area contributed by atoms with E-state index in [1.54, 1.807) is 29.8 Å². The molecule has 0 aliphatic carbocycles. The molecule has 0 unspecified atom stereocenters. The number of carbonyl (C=O) groups excluding carboxylic acids is 1. The minimum Gasteiger partial charge on any atom is -0.461 e. The van der Waals surface area contributed by atoms with Gasteiger partial charge in [-0.05, 0) is 13.0 Å². The van der Waals surface area contributed by atoms with Gasteiger partial charge in [0.15, 0.2) is 0 Å². The molecule has 2 heterocycles. The lowest BCUT2D eigenvalue weighted by molar-refractivity contribution is -0.836. The van der Waals surface area contributed by atoms with Crippen LogP contribution >= 0.6 is 22.6 Å². The fraction of sp³-hybridized carbons (Fsp3) is 0.429. The number of carbonyl (C=O) groups is 1. The number of pyridine rings is 1. The Bertz CT molecular complexity index is 564. The molecule has 0 amide bonds. The number of aromatic nitrogens is 2. The zero-order chi connectivity index (χ0) is 15.1. The summed E-state index contributed by atoms with van der Waals surface area (Å²) in [5.74, 6) is -0.314. The number of ether oxygens (including phenoxy) is 1. The van der Waals surface area contributed by atoms with Gasteiger partial charge in [0.05, 0.1) is 27.7 Å². The van der Waals surface area contributed by atoms with Crippen LogP contribution in [0.1, 0.15) is 23.0 Å². The number of quaternary nitrogens is 1. The van der Waals surface area contributed by atoms with Crippen LogP contribution in [0.5, 0.6) is 0 Å². The molecule has 2 rings (SSSR count). The molecular formula is C14H21IN3O2+. The zero-order valence-electron chi connectivity index (χ0n) is 12.3. The molecule has 0 atom stereocenters. The number of hydrogen-bond donors (Lipinski definition) is 1. The second-order valence-electron chi connectivity index (χ2n) is 4.72. The Morgan fingerprint density at radius 2 is 2.05 bits per heavy atom. The second kappa shape index (κ2) is 8.21. The highest BCUT2D eigenvalue weighted by Gasteiger charge is 2.13. The van der Waals surface area contributed by atoms with Gasteiger partial charge in [0.2, 0.25) is 0 Å². The summed E-state index contributed by atoms with van der Waals surface area (Å²) in [4.78, 5) is 17.3. The van der Waals surface area contributed by atoms with Crippen molar-refractivity contribution < 1.29 is 14.4 Å². The third kappa shape index (κ3) is 4.45. The molecule has 2 aromatic rings. The van der Waals surface area contributed by atoms with Crippen LogP contribution in [0.25, 0.3) is 5.65 Å². The zero-order valence-corrected chi connectivity index (χ0v) is 14.5. The maximum atomic E-state index is 11.7. The first-order valence-electron chi connectivity index (χ1n) is 6.46. The number of fused-ring (bicyclic) bond motifs is 1. The van der Waals surface area contributed by atoms with Gasteiger partial charge in [0.1, 0.15) is 11.3 Å². The number of hydrogen-bond acceptors (Lipinski definition) is 3. The van der Waals surface area contributed by atoms with Crippen LogP contribution in [0.15, 0.2) is 24.5 Å². The fourth-order valence-electron chi connectivity index (χ4n) is 1.55. The monoisotopic (exact) mass is 390 g/mol. The van der Waals surface area contributed by atoms with Crippen LogP contribution in [0.4, 0.5) is 0 Å². The highest BCUT2D eigenvalue weighted by atomic mass is 127. The Hall–Kier alpha value is -1.15. The number of rotatable bonds is 3. The maximum Gasteiger partial charge on any atom is 0.355 e. The lowest BCUT2D eigenvalue weighted by Crippen LogP contribution is -3.02. The Balaban J connectivity index is 0.000000444. The molecular weight excluding hydrogens is 369 g/mol. The van der Waals surface area contributed by atoms with Crippen molar-refractivity contribution in [3.8, 4) is 0 Å². The van der Waals surface area contributed by atoms with Crippen LogP contribution < -0.4 is 4.90 Å². The lowest BCUT2D eigenvalue weighted by atomic mass is 10.2. The van der Waals surface area contributed by atoms with Crippen LogP contribution in [-0.4, -0.2) is 43.1 Å². The molecule has 0 spiro atoms. The minimum atomic E-state index is -0.314. The van der Waals surface area contributed by atoms with Crippen molar-refractivity contribution in [2.45, 2.75) is 11.4 Å². The smallest absolute Gasteiger partial charge is 0.355 e. The third-order valence-corrected chi connectivity index (χ3v) is 3.08. The highest BCUT2D eigenvalue weighted by molar-refractivity contribution is 14.1. The lowest BCUT2D eigenvalue weighted by Gasteiger charge is -2.06. The molecule has 0 aromatic carbocycles. The van der Waals surface area contributed by atoms with Crippen molar-refractivity contribution in [2.75, 3.05) is 27.7 Å². The van der Waals surface area contributed by atoms with Gasteiger partial charge in [-0.2, -0.15) is 0 Å². The van der Waals surface area contributed by atoms with Gasteiger partial charge in [-0.25, -0.2) is 9.78 Å². The van der Waals surface area contributed by atoms with E-state index in [1.165, 1.54) is 4.90 Å². The SMILES string of the molecule is CCOC(=O)c1ccc(CI)c2nccn12.C[NH+](C)C. The molecule has 0 saturated carbocycles. The molecule has 6 heteroatoms. The fourth-order valence-corrected chi connectivity index (χ4v) is 2.14. The molecule has 20 heavy (non-hydrogen) atoms. The quantitative estimate of drug-likeness (QED) is 0.487. The first-order chi connectivity index (χ1) is 9.51. The number of nitrogens with one attached hydrogen (secondary N) is 1. The van der Waals surface area contributed by atoms with Gasteiger partial charge >= 0.3 is 5.97 Å². The average Bonchev–Trinajstić information content (AvgIpc) is 2.86. The molecule has 110 valence electrons. The summed E-state index contributed by atoms with van der Waals surface area (Å²) in [5.41, 5.74) is 2.45. The Kier molecular flexibility index (Phi) is 6.94. The molecule has 0 bridgehead atoms. The van der Waals surface area contributed by atoms with E-state index in [4.69, 9.17) is 4.74 Å². The van der Waals surface area contributed by atoms with Crippen molar-refractivity contribution in [2.24, 2.45) is 0 Å². The number of esters is 1.